The van der Waals surface area contributed by atoms with E-state index < -0.39 is 0 Å². The maximum absolute atomic E-state index is 4.71. The predicted octanol–water partition coefficient (Wildman–Crippen LogP) is 2.39. The van der Waals surface area contributed by atoms with Crippen molar-refractivity contribution in [2.24, 2.45) is 13.0 Å². The van der Waals surface area contributed by atoms with Crippen molar-refractivity contribution in [2.75, 3.05) is 26.2 Å². The van der Waals surface area contributed by atoms with Gasteiger partial charge in [-0.25, -0.2) is 4.98 Å². The minimum absolute atomic E-state index is 0.822. The second-order valence-corrected chi connectivity index (χ2v) is 6.08. The number of hydrogen-bond donors (Lipinski definition) is 1. The number of para-hydroxylation sites is 2. The number of hydrogen-bond acceptors (Lipinski definition) is 3. The minimum Gasteiger partial charge on any atom is -0.330 e. The zero-order valence-electron chi connectivity index (χ0n) is 13.2. The summed E-state index contributed by atoms with van der Waals surface area (Å²) in [6.07, 6.45) is 2.65. The average Bonchev–Trinajstić information content (AvgIpc) is 2.85. The molecule has 0 unspecified atom stereocenters. The van der Waals surface area contributed by atoms with E-state index in [-0.39, 0.29) is 0 Å². The Hall–Kier alpha value is -1.39. The highest BCUT2D eigenvalue weighted by atomic mass is 15.1. The minimum atomic E-state index is 0.822. The van der Waals surface area contributed by atoms with Crippen molar-refractivity contribution >= 4 is 11.0 Å². The molecule has 0 atom stereocenters. The molecule has 1 aromatic heterocycles. The van der Waals surface area contributed by atoms with Crippen LogP contribution < -0.4 is 5.32 Å². The van der Waals surface area contributed by atoms with Crippen LogP contribution in [0.25, 0.3) is 11.0 Å². The number of piperidine rings is 1. The van der Waals surface area contributed by atoms with Crippen LogP contribution in [0.1, 0.15) is 25.6 Å². The molecule has 0 radical (unpaired) electrons. The monoisotopic (exact) mass is 286 g/mol. The molecule has 114 valence electrons. The number of nitrogens with one attached hydrogen (secondary N) is 1. The standard InChI is InChI=1S/C17H26N4/c1-3-21-10-8-14(9-11-21)12-18-13-17-19-15-6-4-5-7-16(15)20(17)2/h4-7,14,18H,3,8-13H2,1-2H3. The van der Waals surface area contributed by atoms with Crippen LogP contribution in [0.3, 0.4) is 0 Å². The molecule has 1 N–H and O–H groups in total. The lowest BCUT2D eigenvalue weighted by atomic mass is 9.97. The molecule has 0 spiro atoms. The van der Waals surface area contributed by atoms with E-state index in [0.717, 1.165) is 30.3 Å². The van der Waals surface area contributed by atoms with Crippen LogP contribution >= 0.6 is 0 Å². The zero-order valence-corrected chi connectivity index (χ0v) is 13.2. The van der Waals surface area contributed by atoms with Gasteiger partial charge in [-0.15, -0.1) is 0 Å². The van der Waals surface area contributed by atoms with Crippen LogP contribution in [0.5, 0.6) is 0 Å². The lowest BCUT2D eigenvalue weighted by molar-refractivity contribution is 0.190. The Kier molecular flexibility index (Phi) is 4.56. The summed E-state index contributed by atoms with van der Waals surface area (Å²) in [7, 11) is 2.10. The van der Waals surface area contributed by atoms with Gasteiger partial charge in [0.1, 0.15) is 5.82 Å². The number of rotatable bonds is 5. The van der Waals surface area contributed by atoms with Crippen molar-refractivity contribution < 1.29 is 0 Å². The summed E-state index contributed by atoms with van der Waals surface area (Å²) in [6.45, 7) is 7.94. The van der Waals surface area contributed by atoms with Crippen molar-refractivity contribution in [3.8, 4) is 0 Å². The lowest BCUT2D eigenvalue weighted by Crippen LogP contribution is -2.37. The van der Waals surface area contributed by atoms with Gasteiger partial charge in [-0.05, 0) is 57.1 Å². The van der Waals surface area contributed by atoms with E-state index in [1.54, 1.807) is 0 Å². The fourth-order valence-electron chi connectivity index (χ4n) is 3.25. The highest BCUT2D eigenvalue weighted by molar-refractivity contribution is 5.75. The highest BCUT2D eigenvalue weighted by Gasteiger charge is 2.17. The summed E-state index contributed by atoms with van der Waals surface area (Å²) in [6, 6.07) is 8.34. The fraction of sp³-hybridized carbons (Fsp3) is 0.588. The van der Waals surface area contributed by atoms with Crippen LogP contribution in [0.2, 0.25) is 0 Å². The molecule has 1 aromatic carbocycles. The molecule has 3 rings (SSSR count). The Morgan fingerprint density at radius 2 is 2.00 bits per heavy atom. The normalized spacial score (nSPS) is 17.6. The molecule has 2 heterocycles. The van der Waals surface area contributed by atoms with E-state index in [0.29, 0.717) is 0 Å². The number of benzene rings is 1. The van der Waals surface area contributed by atoms with Gasteiger partial charge in [-0.2, -0.15) is 0 Å². The second-order valence-electron chi connectivity index (χ2n) is 6.08. The van der Waals surface area contributed by atoms with Gasteiger partial charge in [0.15, 0.2) is 0 Å². The molecule has 4 heteroatoms. The molecule has 0 aliphatic carbocycles. The third kappa shape index (κ3) is 3.27. The number of imidazole rings is 1. The summed E-state index contributed by atoms with van der Waals surface area (Å²) in [4.78, 5) is 7.26. The van der Waals surface area contributed by atoms with Gasteiger partial charge in [-0.3, -0.25) is 0 Å². The summed E-state index contributed by atoms with van der Waals surface area (Å²) >= 11 is 0. The number of aromatic nitrogens is 2. The summed E-state index contributed by atoms with van der Waals surface area (Å²) in [5.74, 6) is 1.95. The Bertz CT molecular complexity index is 581. The molecule has 1 aliphatic rings. The maximum atomic E-state index is 4.71. The summed E-state index contributed by atoms with van der Waals surface area (Å²) < 4.78 is 2.20. The molecule has 1 saturated heterocycles. The van der Waals surface area contributed by atoms with Crippen LogP contribution in [0, 0.1) is 5.92 Å². The number of nitrogens with zero attached hydrogens (tertiary/aromatic N) is 3. The van der Waals surface area contributed by atoms with Gasteiger partial charge in [0.25, 0.3) is 0 Å². The van der Waals surface area contributed by atoms with Crippen molar-refractivity contribution in [2.45, 2.75) is 26.3 Å². The van der Waals surface area contributed by atoms with Gasteiger partial charge in [0, 0.05) is 7.05 Å². The Morgan fingerprint density at radius 3 is 2.71 bits per heavy atom. The van der Waals surface area contributed by atoms with Crippen molar-refractivity contribution in [1.82, 2.24) is 19.8 Å². The van der Waals surface area contributed by atoms with E-state index in [2.05, 4.69) is 47.0 Å². The van der Waals surface area contributed by atoms with Crippen molar-refractivity contribution in [3.63, 3.8) is 0 Å². The molecule has 1 fully saturated rings. The third-order valence-corrected chi connectivity index (χ3v) is 4.75. The van der Waals surface area contributed by atoms with E-state index >= 15 is 0 Å². The molecule has 0 saturated carbocycles. The summed E-state index contributed by atoms with van der Waals surface area (Å²) in [5.41, 5.74) is 2.30. The van der Waals surface area contributed by atoms with E-state index in [9.17, 15) is 0 Å². The lowest BCUT2D eigenvalue weighted by Gasteiger charge is -2.31. The van der Waals surface area contributed by atoms with Crippen LogP contribution in [-0.4, -0.2) is 40.6 Å². The first-order valence-electron chi connectivity index (χ1n) is 8.11. The molecule has 4 nitrogen and oxygen atoms in total. The first kappa shape index (κ1) is 14.5. The van der Waals surface area contributed by atoms with Gasteiger partial charge in [0.2, 0.25) is 0 Å². The van der Waals surface area contributed by atoms with E-state index in [4.69, 9.17) is 4.98 Å². The van der Waals surface area contributed by atoms with E-state index in [1.165, 1.54) is 38.0 Å². The third-order valence-electron chi connectivity index (χ3n) is 4.75. The molecule has 0 amide bonds. The molecule has 0 bridgehead atoms. The second kappa shape index (κ2) is 6.58. The molecular formula is C17H26N4. The molecule has 21 heavy (non-hydrogen) atoms. The Labute approximate surface area is 127 Å². The Morgan fingerprint density at radius 1 is 1.24 bits per heavy atom. The van der Waals surface area contributed by atoms with Gasteiger partial charge in [0.05, 0.1) is 17.6 Å². The van der Waals surface area contributed by atoms with E-state index in [1.807, 2.05) is 6.07 Å². The molecule has 2 aromatic rings. The average molecular weight is 286 g/mol. The molecule has 1 aliphatic heterocycles. The fourth-order valence-corrected chi connectivity index (χ4v) is 3.25. The Balaban J connectivity index is 1.52. The van der Waals surface area contributed by atoms with Gasteiger partial charge < -0.3 is 14.8 Å². The number of likely N-dealkylation sites (tertiary alicyclic amines) is 1. The first-order valence-corrected chi connectivity index (χ1v) is 8.11. The van der Waals surface area contributed by atoms with Gasteiger partial charge >= 0.3 is 0 Å². The van der Waals surface area contributed by atoms with Crippen LogP contribution in [-0.2, 0) is 13.6 Å². The smallest absolute Gasteiger partial charge is 0.123 e. The SMILES string of the molecule is CCN1CCC(CNCc2nc3ccccc3n2C)CC1. The maximum Gasteiger partial charge on any atom is 0.123 e. The van der Waals surface area contributed by atoms with Gasteiger partial charge in [-0.1, -0.05) is 19.1 Å². The largest absolute Gasteiger partial charge is 0.330 e. The topological polar surface area (TPSA) is 33.1 Å². The quantitative estimate of drug-likeness (QED) is 0.916. The zero-order chi connectivity index (χ0) is 14.7. The van der Waals surface area contributed by atoms with Crippen LogP contribution in [0.15, 0.2) is 24.3 Å². The number of fused-ring (bicyclic) bond motifs is 1. The van der Waals surface area contributed by atoms with Crippen molar-refractivity contribution in [3.05, 3.63) is 30.1 Å². The number of aryl methyl sites for hydroxylation is 1. The van der Waals surface area contributed by atoms with Crippen molar-refractivity contribution in [1.29, 1.82) is 0 Å². The molecular weight excluding hydrogens is 260 g/mol. The van der Waals surface area contributed by atoms with Crippen LogP contribution in [0.4, 0.5) is 0 Å². The highest BCUT2D eigenvalue weighted by Crippen LogP contribution is 2.17. The summed E-state index contributed by atoms with van der Waals surface area (Å²) in [5, 5.41) is 3.60. The first-order chi connectivity index (χ1) is 10.3. The predicted molar refractivity (Wildman–Crippen MR) is 87.3 cm³/mol.